The number of hydrogen-bond acceptors (Lipinski definition) is 4. The van der Waals surface area contributed by atoms with Gasteiger partial charge in [-0.15, -0.1) is 0 Å². The lowest BCUT2D eigenvalue weighted by Crippen LogP contribution is -2.20. The quantitative estimate of drug-likeness (QED) is 0.616. The van der Waals surface area contributed by atoms with E-state index >= 15 is 0 Å². The van der Waals surface area contributed by atoms with E-state index < -0.39 is 0 Å². The molecule has 0 saturated carbocycles. The van der Waals surface area contributed by atoms with Gasteiger partial charge in [0.05, 0.1) is 7.11 Å². The van der Waals surface area contributed by atoms with E-state index in [1.807, 2.05) is 48.5 Å². The lowest BCUT2D eigenvalue weighted by Gasteiger charge is -2.12. The second-order valence-corrected chi connectivity index (χ2v) is 4.14. The molecule has 0 fully saturated rings. The smallest absolute Gasteiger partial charge is 0.161 e. The summed E-state index contributed by atoms with van der Waals surface area (Å²) in [6, 6.07) is 15.8. The molecule has 0 aliphatic heterocycles. The summed E-state index contributed by atoms with van der Waals surface area (Å²) in [5.74, 6) is 6.74. The molecule has 0 aromatic heterocycles. The maximum atomic E-state index is 5.77. The van der Waals surface area contributed by atoms with Crippen molar-refractivity contribution >= 4 is 0 Å². The van der Waals surface area contributed by atoms with Gasteiger partial charge in [0.15, 0.2) is 11.5 Å². The molecule has 0 saturated heterocycles. The van der Waals surface area contributed by atoms with Crippen LogP contribution in [0.4, 0.5) is 0 Å². The zero-order valence-electron chi connectivity index (χ0n) is 10.9. The average Bonchev–Trinajstić information content (AvgIpc) is 2.47. The van der Waals surface area contributed by atoms with Gasteiger partial charge in [-0.3, -0.25) is 11.3 Å². The van der Waals surface area contributed by atoms with Gasteiger partial charge in [-0.25, -0.2) is 0 Å². The molecule has 3 N–H and O–H groups in total. The molecule has 0 aliphatic rings. The minimum atomic E-state index is 0.520. The molecule has 0 unspecified atom stereocenters. The molecular formula is C15H18N2O2. The van der Waals surface area contributed by atoms with E-state index in [4.69, 9.17) is 15.3 Å². The third-order valence-corrected chi connectivity index (χ3v) is 2.77. The lowest BCUT2D eigenvalue weighted by atomic mass is 10.2. The third-order valence-electron chi connectivity index (χ3n) is 2.77. The molecule has 2 aromatic rings. The van der Waals surface area contributed by atoms with Crippen molar-refractivity contribution in [1.82, 2.24) is 5.43 Å². The summed E-state index contributed by atoms with van der Waals surface area (Å²) in [5.41, 5.74) is 4.79. The third kappa shape index (κ3) is 3.71. The van der Waals surface area contributed by atoms with Gasteiger partial charge in [0, 0.05) is 6.54 Å². The van der Waals surface area contributed by atoms with Crippen molar-refractivity contribution in [3.63, 3.8) is 0 Å². The predicted molar refractivity (Wildman–Crippen MR) is 74.8 cm³/mol. The van der Waals surface area contributed by atoms with Gasteiger partial charge in [0.25, 0.3) is 0 Å². The second kappa shape index (κ2) is 6.78. The van der Waals surface area contributed by atoms with Gasteiger partial charge >= 0.3 is 0 Å². The summed E-state index contributed by atoms with van der Waals surface area (Å²) in [6.07, 6.45) is 0. The number of benzene rings is 2. The normalized spacial score (nSPS) is 10.2. The van der Waals surface area contributed by atoms with Gasteiger partial charge in [-0.1, -0.05) is 36.4 Å². The monoisotopic (exact) mass is 258 g/mol. The molecular weight excluding hydrogens is 240 g/mol. The molecule has 0 amide bonds. The molecule has 4 heteroatoms. The summed E-state index contributed by atoms with van der Waals surface area (Å²) in [4.78, 5) is 0. The molecule has 2 rings (SSSR count). The van der Waals surface area contributed by atoms with E-state index in [1.165, 1.54) is 0 Å². The van der Waals surface area contributed by atoms with Crippen molar-refractivity contribution in [2.45, 2.75) is 13.2 Å². The minimum Gasteiger partial charge on any atom is -0.493 e. The van der Waals surface area contributed by atoms with Crippen LogP contribution in [0.1, 0.15) is 11.1 Å². The summed E-state index contributed by atoms with van der Waals surface area (Å²) in [6.45, 7) is 1.11. The van der Waals surface area contributed by atoms with E-state index in [2.05, 4.69) is 5.43 Å². The van der Waals surface area contributed by atoms with E-state index in [-0.39, 0.29) is 0 Å². The second-order valence-electron chi connectivity index (χ2n) is 4.14. The average molecular weight is 258 g/mol. The highest BCUT2D eigenvalue weighted by molar-refractivity contribution is 5.43. The number of hydrogen-bond donors (Lipinski definition) is 2. The van der Waals surface area contributed by atoms with Crippen LogP contribution >= 0.6 is 0 Å². The number of rotatable bonds is 6. The lowest BCUT2D eigenvalue weighted by molar-refractivity contribution is 0.284. The Morgan fingerprint density at radius 1 is 1.00 bits per heavy atom. The summed E-state index contributed by atoms with van der Waals surface area (Å²) in [7, 11) is 1.63. The van der Waals surface area contributed by atoms with Crippen LogP contribution in [0.5, 0.6) is 11.5 Å². The number of nitrogens with one attached hydrogen (secondary N) is 1. The maximum absolute atomic E-state index is 5.77. The molecule has 100 valence electrons. The molecule has 0 aliphatic carbocycles. The zero-order chi connectivity index (χ0) is 13.5. The Kier molecular flexibility index (Phi) is 4.78. The largest absolute Gasteiger partial charge is 0.493 e. The Balaban J connectivity index is 2.07. The van der Waals surface area contributed by atoms with Crippen LogP contribution in [0.25, 0.3) is 0 Å². The van der Waals surface area contributed by atoms with Crippen LogP contribution < -0.4 is 20.7 Å². The predicted octanol–water partition coefficient (Wildman–Crippen LogP) is 2.24. The SMILES string of the molecule is COc1cc(CNN)ccc1OCc1ccccc1. The summed E-state index contributed by atoms with van der Waals surface area (Å²) < 4.78 is 11.1. The van der Waals surface area contributed by atoms with Gasteiger partial charge in [-0.05, 0) is 23.3 Å². The van der Waals surface area contributed by atoms with Crippen LogP contribution in [0.2, 0.25) is 0 Å². The van der Waals surface area contributed by atoms with Crippen LogP contribution in [-0.2, 0) is 13.2 Å². The molecule has 19 heavy (non-hydrogen) atoms. The van der Waals surface area contributed by atoms with E-state index in [0.29, 0.717) is 18.9 Å². The fraction of sp³-hybridized carbons (Fsp3) is 0.200. The maximum Gasteiger partial charge on any atom is 0.161 e. The standard InChI is InChI=1S/C15H18N2O2/c1-18-15-9-13(10-17-16)7-8-14(15)19-11-12-5-3-2-4-6-12/h2-9,17H,10-11,16H2,1H3. The van der Waals surface area contributed by atoms with Crippen molar-refractivity contribution < 1.29 is 9.47 Å². The van der Waals surface area contributed by atoms with Crippen molar-refractivity contribution in [3.8, 4) is 11.5 Å². The Morgan fingerprint density at radius 2 is 1.79 bits per heavy atom. The number of ether oxygens (including phenoxy) is 2. The Bertz CT molecular complexity index is 515. The Morgan fingerprint density at radius 3 is 2.47 bits per heavy atom. The zero-order valence-corrected chi connectivity index (χ0v) is 10.9. The fourth-order valence-corrected chi connectivity index (χ4v) is 1.79. The van der Waals surface area contributed by atoms with Crippen LogP contribution in [-0.4, -0.2) is 7.11 Å². The van der Waals surface area contributed by atoms with Crippen molar-refractivity contribution in [3.05, 3.63) is 59.7 Å². The van der Waals surface area contributed by atoms with Gasteiger partial charge in [0.2, 0.25) is 0 Å². The molecule has 2 aromatic carbocycles. The molecule has 0 bridgehead atoms. The number of hydrazine groups is 1. The Labute approximate surface area is 113 Å². The van der Waals surface area contributed by atoms with Crippen molar-refractivity contribution in [1.29, 1.82) is 0 Å². The van der Waals surface area contributed by atoms with E-state index in [0.717, 1.165) is 16.9 Å². The highest BCUT2D eigenvalue weighted by Gasteiger charge is 2.05. The van der Waals surface area contributed by atoms with Gasteiger partial charge < -0.3 is 9.47 Å². The molecule has 0 spiro atoms. The topological polar surface area (TPSA) is 56.5 Å². The van der Waals surface area contributed by atoms with Crippen LogP contribution in [0.15, 0.2) is 48.5 Å². The summed E-state index contributed by atoms with van der Waals surface area (Å²) >= 11 is 0. The molecule has 0 atom stereocenters. The first kappa shape index (κ1) is 13.4. The van der Waals surface area contributed by atoms with Gasteiger partial charge in [0.1, 0.15) is 6.61 Å². The molecule has 4 nitrogen and oxygen atoms in total. The van der Waals surface area contributed by atoms with Crippen LogP contribution in [0, 0.1) is 0 Å². The molecule has 0 radical (unpaired) electrons. The Hall–Kier alpha value is -2.04. The van der Waals surface area contributed by atoms with Crippen LogP contribution in [0.3, 0.4) is 0 Å². The van der Waals surface area contributed by atoms with Gasteiger partial charge in [-0.2, -0.15) is 0 Å². The first-order valence-electron chi connectivity index (χ1n) is 6.10. The van der Waals surface area contributed by atoms with E-state index in [9.17, 15) is 0 Å². The fourth-order valence-electron chi connectivity index (χ4n) is 1.79. The van der Waals surface area contributed by atoms with Crippen molar-refractivity contribution in [2.24, 2.45) is 5.84 Å². The number of methoxy groups -OCH3 is 1. The highest BCUT2D eigenvalue weighted by Crippen LogP contribution is 2.28. The van der Waals surface area contributed by atoms with Crippen molar-refractivity contribution in [2.75, 3.05) is 7.11 Å². The highest BCUT2D eigenvalue weighted by atomic mass is 16.5. The summed E-state index contributed by atoms with van der Waals surface area (Å²) in [5, 5.41) is 0. The number of nitrogens with two attached hydrogens (primary N) is 1. The molecule has 0 heterocycles. The first-order valence-corrected chi connectivity index (χ1v) is 6.10. The first-order chi connectivity index (χ1) is 9.33. The minimum absolute atomic E-state index is 0.520. The van der Waals surface area contributed by atoms with E-state index in [1.54, 1.807) is 7.11 Å².